The van der Waals surface area contributed by atoms with Crippen molar-refractivity contribution in [1.82, 2.24) is 0 Å². The highest BCUT2D eigenvalue weighted by Gasteiger charge is 2.51. The molecule has 3 rings (SSSR count). The quantitative estimate of drug-likeness (QED) is 0.579. The zero-order valence-electron chi connectivity index (χ0n) is 11.3. The van der Waals surface area contributed by atoms with Gasteiger partial charge in [-0.2, -0.15) is 0 Å². The molecule has 0 unspecified atom stereocenters. The van der Waals surface area contributed by atoms with Crippen molar-refractivity contribution in [2.45, 2.75) is 25.7 Å². The van der Waals surface area contributed by atoms with Crippen LogP contribution in [0, 0.1) is 11.3 Å². The standard InChI is InChI=1S/C16H16O4/c1-20-15(19)12-9-16(7-6-13(12)17)8-10-4-2-3-5-11(10)14(16)18/h2-5,12H,6-9H2,1H3/t12-,16+/m1/s1. The fourth-order valence-corrected chi connectivity index (χ4v) is 3.49. The molecule has 0 bridgehead atoms. The third-order valence-electron chi connectivity index (χ3n) is 4.59. The Hall–Kier alpha value is -1.97. The van der Waals surface area contributed by atoms with E-state index in [0.29, 0.717) is 12.8 Å². The van der Waals surface area contributed by atoms with Gasteiger partial charge in [0.15, 0.2) is 5.78 Å². The van der Waals surface area contributed by atoms with Crippen LogP contribution >= 0.6 is 0 Å². The lowest BCUT2D eigenvalue weighted by Crippen LogP contribution is -2.41. The molecule has 0 radical (unpaired) electrons. The fourth-order valence-electron chi connectivity index (χ4n) is 3.49. The van der Waals surface area contributed by atoms with E-state index < -0.39 is 17.3 Å². The Bertz CT molecular complexity index is 596. The molecule has 0 heterocycles. The minimum absolute atomic E-state index is 0.0782. The van der Waals surface area contributed by atoms with Gasteiger partial charge in [-0.3, -0.25) is 14.4 Å². The van der Waals surface area contributed by atoms with E-state index in [1.165, 1.54) is 7.11 Å². The molecule has 0 amide bonds. The minimum Gasteiger partial charge on any atom is -0.468 e. The van der Waals surface area contributed by atoms with Gasteiger partial charge in [-0.25, -0.2) is 0 Å². The van der Waals surface area contributed by atoms with E-state index in [9.17, 15) is 14.4 Å². The Kier molecular flexibility index (Phi) is 2.96. The number of methoxy groups -OCH3 is 1. The first kappa shape index (κ1) is 13.0. The van der Waals surface area contributed by atoms with Gasteiger partial charge in [0.2, 0.25) is 0 Å². The number of hydrogen-bond donors (Lipinski definition) is 0. The summed E-state index contributed by atoms with van der Waals surface area (Å²) in [5.74, 6) is -1.33. The van der Waals surface area contributed by atoms with Gasteiger partial charge in [-0.1, -0.05) is 24.3 Å². The number of benzene rings is 1. The van der Waals surface area contributed by atoms with Crippen LogP contribution in [0.3, 0.4) is 0 Å². The Morgan fingerprint density at radius 3 is 2.75 bits per heavy atom. The van der Waals surface area contributed by atoms with Crippen LogP contribution in [-0.4, -0.2) is 24.6 Å². The monoisotopic (exact) mass is 272 g/mol. The van der Waals surface area contributed by atoms with E-state index in [1.54, 1.807) is 0 Å². The minimum atomic E-state index is -0.785. The molecule has 0 saturated heterocycles. The number of ether oxygens (including phenoxy) is 1. The number of carbonyl (C=O) groups excluding carboxylic acids is 3. The second-order valence-corrected chi connectivity index (χ2v) is 5.69. The molecule has 0 aliphatic heterocycles. The molecule has 104 valence electrons. The first-order chi connectivity index (χ1) is 9.57. The third-order valence-corrected chi connectivity index (χ3v) is 4.59. The van der Waals surface area contributed by atoms with Crippen molar-refractivity contribution in [2.75, 3.05) is 7.11 Å². The summed E-state index contributed by atoms with van der Waals surface area (Å²) in [4.78, 5) is 36.3. The van der Waals surface area contributed by atoms with Gasteiger partial charge in [0.25, 0.3) is 0 Å². The maximum atomic E-state index is 12.7. The molecular weight excluding hydrogens is 256 g/mol. The summed E-state index contributed by atoms with van der Waals surface area (Å²) in [5.41, 5.74) is 1.18. The first-order valence-electron chi connectivity index (χ1n) is 6.81. The normalized spacial score (nSPS) is 28.6. The van der Waals surface area contributed by atoms with E-state index in [-0.39, 0.29) is 24.4 Å². The van der Waals surface area contributed by atoms with Crippen molar-refractivity contribution in [3.8, 4) is 0 Å². The van der Waals surface area contributed by atoms with Crippen LogP contribution in [0.5, 0.6) is 0 Å². The van der Waals surface area contributed by atoms with Crippen molar-refractivity contribution in [2.24, 2.45) is 11.3 Å². The summed E-state index contributed by atoms with van der Waals surface area (Å²) < 4.78 is 4.70. The summed E-state index contributed by atoms with van der Waals surface area (Å²) >= 11 is 0. The van der Waals surface area contributed by atoms with E-state index in [0.717, 1.165) is 11.1 Å². The van der Waals surface area contributed by atoms with Gasteiger partial charge in [-0.15, -0.1) is 0 Å². The van der Waals surface area contributed by atoms with Crippen LogP contribution in [0.15, 0.2) is 24.3 Å². The average Bonchev–Trinajstić information content (AvgIpc) is 2.74. The molecule has 1 aromatic carbocycles. The average molecular weight is 272 g/mol. The molecule has 2 aliphatic rings. The van der Waals surface area contributed by atoms with E-state index in [2.05, 4.69) is 0 Å². The number of Topliss-reactive ketones (excluding diaryl/α,β-unsaturated/α-hetero) is 2. The van der Waals surface area contributed by atoms with Gasteiger partial charge < -0.3 is 4.74 Å². The van der Waals surface area contributed by atoms with Crippen LogP contribution < -0.4 is 0 Å². The van der Waals surface area contributed by atoms with E-state index in [1.807, 2.05) is 24.3 Å². The fraction of sp³-hybridized carbons (Fsp3) is 0.438. The molecular formula is C16H16O4. The summed E-state index contributed by atoms with van der Waals surface area (Å²) in [6.07, 6.45) is 1.72. The Morgan fingerprint density at radius 1 is 1.30 bits per heavy atom. The lowest BCUT2D eigenvalue weighted by atomic mass is 9.67. The summed E-state index contributed by atoms with van der Waals surface area (Å²) in [7, 11) is 1.28. The van der Waals surface area contributed by atoms with Crippen LogP contribution in [-0.2, 0) is 20.7 Å². The molecule has 4 heteroatoms. The molecule has 0 aromatic heterocycles. The van der Waals surface area contributed by atoms with Crippen molar-refractivity contribution in [3.05, 3.63) is 35.4 Å². The van der Waals surface area contributed by atoms with Crippen molar-refractivity contribution in [3.63, 3.8) is 0 Å². The predicted molar refractivity (Wildman–Crippen MR) is 71.3 cm³/mol. The molecule has 1 spiro atoms. The summed E-state index contributed by atoms with van der Waals surface area (Å²) in [5, 5.41) is 0. The molecule has 2 atom stereocenters. The summed E-state index contributed by atoms with van der Waals surface area (Å²) in [6.45, 7) is 0. The first-order valence-corrected chi connectivity index (χ1v) is 6.81. The number of rotatable bonds is 1. The van der Waals surface area contributed by atoms with Crippen LogP contribution in [0.4, 0.5) is 0 Å². The maximum absolute atomic E-state index is 12.7. The van der Waals surface area contributed by atoms with Crippen molar-refractivity contribution < 1.29 is 19.1 Å². The Labute approximate surface area is 117 Å². The summed E-state index contributed by atoms with van der Waals surface area (Å²) in [6, 6.07) is 7.54. The Morgan fingerprint density at radius 2 is 2.05 bits per heavy atom. The van der Waals surface area contributed by atoms with Crippen LogP contribution in [0.2, 0.25) is 0 Å². The van der Waals surface area contributed by atoms with Crippen LogP contribution in [0.25, 0.3) is 0 Å². The van der Waals surface area contributed by atoms with E-state index in [4.69, 9.17) is 4.74 Å². The molecule has 0 N–H and O–H groups in total. The number of fused-ring (bicyclic) bond motifs is 1. The highest BCUT2D eigenvalue weighted by molar-refractivity contribution is 6.08. The number of carbonyl (C=O) groups is 3. The highest BCUT2D eigenvalue weighted by Crippen LogP contribution is 2.48. The second kappa shape index (κ2) is 4.54. The number of ketones is 2. The van der Waals surface area contributed by atoms with Gasteiger partial charge in [0.05, 0.1) is 7.11 Å². The van der Waals surface area contributed by atoms with Crippen LogP contribution in [0.1, 0.15) is 35.2 Å². The van der Waals surface area contributed by atoms with Gasteiger partial charge >= 0.3 is 5.97 Å². The molecule has 1 saturated carbocycles. The zero-order chi connectivity index (χ0) is 14.3. The zero-order valence-corrected chi connectivity index (χ0v) is 11.3. The lowest BCUT2D eigenvalue weighted by Gasteiger charge is -2.34. The second-order valence-electron chi connectivity index (χ2n) is 5.69. The number of esters is 1. The lowest BCUT2D eigenvalue weighted by molar-refractivity contribution is -0.152. The smallest absolute Gasteiger partial charge is 0.316 e. The highest BCUT2D eigenvalue weighted by atomic mass is 16.5. The third kappa shape index (κ3) is 1.79. The number of hydrogen-bond acceptors (Lipinski definition) is 4. The molecule has 2 aliphatic carbocycles. The van der Waals surface area contributed by atoms with Gasteiger partial charge in [0.1, 0.15) is 11.7 Å². The molecule has 20 heavy (non-hydrogen) atoms. The van der Waals surface area contributed by atoms with E-state index >= 15 is 0 Å². The SMILES string of the molecule is COC(=O)[C@@H]1C[C@]2(CCC1=O)Cc1ccccc1C2=O. The van der Waals surface area contributed by atoms with Gasteiger partial charge in [-0.05, 0) is 24.8 Å². The largest absolute Gasteiger partial charge is 0.468 e. The predicted octanol–water partition coefficient (Wildman–Crippen LogP) is 1.95. The Balaban J connectivity index is 1.94. The molecule has 1 fully saturated rings. The maximum Gasteiger partial charge on any atom is 0.316 e. The molecule has 4 nitrogen and oxygen atoms in total. The van der Waals surface area contributed by atoms with Crippen molar-refractivity contribution in [1.29, 1.82) is 0 Å². The topological polar surface area (TPSA) is 60.4 Å². The van der Waals surface area contributed by atoms with Gasteiger partial charge in [0, 0.05) is 17.4 Å². The van der Waals surface area contributed by atoms with Crippen molar-refractivity contribution >= 4 is 17.5 Å². The molecule has 1 aromatic rings.